The zero-order chi connectivity index (χ0) is 20.9. The van der Waals surface area contributed by atoms with E-state index < -0.39 is 10.0 Å². The maximum Gasteiger partial charge on any atom is 0.240 e. The second-order valence-corrected chi connectivity index (χ2v) is 9.94. The Bertz CT molecular complexity index is 908. The van der Waals surface area contributed by atoms with E-state index in [2.05, 4.69) is 31.3 Å². The predicted octanol–water partition coefficient (Wildman–Crippen LogP) is 3.63. The molecule has 0 fully saturated rings. The van der Waals surface area contributed by atoms with E-state index in [0.29, 0.717) is 5.69 Å². The van der Waals surface area contributed by atoms with E-state index >= 15 is 0 Å². The van der Waals surface area contributed by atoms with Crippen molar-refractivity contribution < 1.29 is 13.2 Å². The molecule has 2 aromatic carbocycles. The summed E-state index contributed by atoms with van der Waals surface area (Å²) in [6, 6.07) is 17.2. The first-order valence-corrected chi connectivity index (χ1v) is 11.2. The summed E-state index contributed by atoms with van der Waals surface area (Å²) in [6.45, 7) is 7.87. The highest BCUT2D eigenvalue weighted by atomic mass is 32.2. The van der Waals surface area contributed by atoms with Crippen LogP contribution in [0.2, 0.25) is 0 Å². The minimum absolute atomic E-state index is 0.0957. The van der Waals surface area contributed by atoms with E-state index in [-0.39, 0.29) is 23.9 Å². The number of nitrogens with one attached hydrogen (secondary N) is 1. The van der Waals surface area contributed by atoms with Gasteiger partial charge in [-0.3, -0.25) is 9.10 Å². The van der Waals surface area contributed by atoms with E-state index in [9.17, 15) is 13.2 Å². The molecule has 0 aliphatic carbocycles. The van der Waals surface area contributed by atoms with Gasteiger partial charge in [0.15, 0.2) is 0 Å². The SMILES string of the molecule is Cc1cccc(N(CC(=O)NC(C)CC(C)(C)c2ccccc2)S(C)(=O)=O)c1. The molecule has 0 spiro atoms. The van der Waals surface area contributed by atoms with E-state index in [4.69, 9.17) is 0 Å². The van der Waals surface area contributed by atoms with Gasteiger partial charge in [0.1, 0.15) is 6.54 Å². The van der Waals surface area contributed by atoms with Crippen LogP contribution in [0.1, 0.15) is 38.3 Å². The third-order valence-corrected chi connectivity index (χ3v) is 5.90. The fraction of sp³-hybridized carbons (Fsp3) is 0.409. The molecule has 0 heterocycles. The number of hydrogen-bond donors (Lipinski definition) is 1. The number of sulfonamides is 1. The molecule has 2 aromatic rings. The number of aryl methyl sites for hydroxylation is 1. The fourth-order valence-corrected chi connectivity index (χ4v) is 4.31. The Morgan fingerprint density at radius 3 is 2.32 bits per heavy atom. The Balaban J connectivity index is 2.06. The summed E-state index contributed by atoms with van der Waals surface area (Å²) >= 11 is 0. The minimum Gasteiger partial charge on any atom is -0.352 e. The minimum atomic E-state index is -3.57. The lowest BCUT2D eigenvalue weighted by molar-refractivity contribution is -0.120. The molecule has 152 valence electrons. The third kappa shape index (κ3) is 6.09. The summed E-state index contributed by atoms with van der Waals surface area (Å²) in [6.07, 6.45) is 1.86. The third-order valence-electron chi connectivity index (χ3n) is 4.76. The quantitative estimate of drug-likeness (QED) is 0.733. The molecule has 1 amide bonds. The van der Waals surface area contributed by atoms with Gasteiger partial charge in [0.2, 0.25) is 15.9 Å². The first kappa shape index (κ1) is 22.0. The van der Waals surface area contributed by atoms with Crippen molar-refractivity contribution in [1.82, 2.24) is 5.32 Å². The largest absolute Gasteiger partial charge is 0.352 e. The Morgan fingerprint density at radius 2 is 1.75 bits per heavy atom. The van der Waals surface area contributed by atoms with E-state index in [1.807, 2.05) is 38.1 Å². The van der Waals surface area contributed by atoms with Crippen LogP contribution in [0, 0.1) is 6.92 Å². The monoisotopic (exact) mass is 402 g/mol. The molecule has 0 aliphatic rings. The predicted molar refractivity (Wildman–Crippen MR) is 115 cm³/mol. The maximum absolute atomic E-state index is 12.6. The second kappa shape index (κ2) is 8.78. The van der Waals surface area contributed by atoms with Gasteiger partial charge in [0, 0.05) is 6.04 Å². The molecule has 1 atom stereocenters. The summed E-state index contributed by atoms with van der Waals surface area (Å²) in [5, 5.41) is 2.95. The molecule has 0 aliphatic heterocycles. The van der Waals surface area contributed by atoms with Gasteiger partial charge in [-0.2, -0.15) is 0 Å². The van der Waals surface area contributed by atoms with Crippen LogP contribution in [0.25, 0.3) is 0 Å². The summed E-state index contributed by atoms with van der Waals surface area (Å²) in [4.78, 5) is 12.6. The van der Waals surface area contributed by atoms with Crippen LogP contribution in [-0.2, 0) is 20.2 Å². The molecule has 0 saturated heterocycles. The van der Waals surface area contributed by atoms with Crippen molar-refractivity contribution in [2.75, 3.05) is 17.1 Å². The summed E-state index contributed by atoms with van der Waals surface area (Å²) < 4.78 is 25.6. The van der Waals surface area contributed by atoms with Gasteiger partial charge in [-0.05, 0) is 48.9 Å². The number of hydrogen-bond acceptors (Lipinski definition) is 3. The van der Waals surface area contributed by atoms with Gasteiger partial charge < -0.3 is 5.32 Å². The van der Waals surface area contributed by atoms with Gasteiger partial charge in [-0.25, -0.2) is 8.42 Å². The number of carbonyl (C=O) groups is 1. The van der Waals surface area contributed by atoms with Crippen LogP contribution in [0.5, 0.6) is 0 Å². The van der Waals surface area contributed by atoms with Crippen molar-refractivity contribution in [1.29, 1.82) is 0 Å². The van der Waals surface area contributed by atoms with Gasteiger partial charge in [-0.1, -0.05) is 56.3 Å². The summed E-state index contributed by atoms with van der Waals surface area (Å²) in [7, 11) is -3.57. The molecule has 1 unspecified atom stereocenters. The van der Waals surface area contributed by atoms with E-state index in [1.165, 1.54) is 5.56 Å². The summed E-state index contributed by atoms with van der Waals surface area (Å²) in [5.74, 6) is -0.316. The average Bonchev–Trinajstić information content (AvgIpc) is 2.59. The van der Waals surface area contributed by atoms with Crippen LogP contribution in [-0.4, -0.2) is 33.2 Å². The Morgan fingerprint density at radius 1 is 1.11 bits per heavy atom. The normalized spacial score (nSPS) is 13.0. The second-order valence-electron chi connectivity index (χ2n) is 8.03. The first-order chi connectivity index (χ1) is 13.0. The fourth-order valence-electron chi connectivity index (χ4n) is 3.46. The van der Waals surface area contributed by atoms with Crippen LogP contribution in [0.15, 0.2) is 54.6 Å². The topological polar surface area (TPSA) is 66.5 Å². The molecule has 0 bridgehead atoms. The highest BCUT2D eigenvalue weighted by Gasteiger charge is 2.26. The zero-order valence-electron chi connectivity index (χ0n) is 17.3. The smallest absolute Gasteiger partial charge is 0.240 e. The number of rotatable bonds is 8. The van der Waals surface area contributed by atoms with Crippen molar-refractivity contribution in [2.24, 2.45) is 0 Å². The number of benzene rings is 2. The van der Waals surface area contributed by atoms with Crippen molar-refractivity contribution in [3.05, 3.63) is 65.7 Å². The van der Waals surface area contributed by atoms with E-state index in [0.717, 1.165) is 22.5 Å². The summed E-state index contributed by atoms with van der Waals surface area (Å²) in [5.41, 5.74) is 2.52. The molecule has 5 nitrogen and oxygen atoms in total. The van der Waals surface area contributed by atoms with Crippen molar-refractivity contribution in [3.63, 3.8) is 0 Å². The molecule has 28 heavy (non-hydrogen) atoms. The van der Waals surface area contributed by atoms with Gasteiger partial charge in [-0.15, -0.1) is 0 Å². The van der Waals surface area contributed by atoms with Gasteiger partial charge in [0.25, 0.3) is 0 Å². The average molecular weight is 403 g/mol. The van der Waals surface area contributed by atoms with Crippen LogP contribution in [0.3, 0.4) is 0 Å². The molecular weight excluding hydrogens is 372 g/mol. The Labute approximate surface area is 168 Å². The van der Waals surface area contributed by atoms with Gasteiger partial charge in [0.05, 0.1) is 11.9 Å². The van der Waals surface area contributed by atoms with Crippen LogP contribution < -0.4 is 9.62 Å². The Hall–Kier alpha value is -2.34. The molecule has 6 heteroatoms. The van der Waals surface area contributed by atoms with Crippen molar-refractivity contribution >= 4 is 21.6 Å². The molecule has 1 N–H and O–H groups in total. The molecule has 0 saturated carbocycles. The molecule has 2 rings (SSSR count). The van der Waals surface area contributed by atoms with Crippen LogP contribution >= 0.6 is 0 Å². The van der Waals surface area contributed by atoms with Crippen molar-refractivity contribution in [3.8, 4) is 0 Å². The zero-order valence-corrected chi connectivity index (χ0v) is 18.1. The lowest BCUT2D eigenvalue weighted by Crippen LogP contribution is -2.44. The number of carbonyl (C=O) groups excluding carboxylic acids is 1. The van der Waals surface area contributed by atoms with Gasteiger partial charge >= 0.3 is 0 Å². The molecule has 0 radical (unpaired) electrons. The number of anilines is 1. The van der Waals surface area contributed by atoms with Crippen LogP contribution in [0.4, 0.5) is 5.69 Å². The number of amides is 1. The van der Waals surface area contributed by atoms with Crippen molar-refractivity contribution in [2.45, 2.75) is 45.6 Å². The molecular formula is C22H30N2O3S. The number of nitrogens with zero attached hydrogens (tertiary/aromatic N) is 1. The Kier molecular flexibility index (Phi) is 6.88. The highest BCUT2D eigenvalue weighted by Crippen LogP contribution is 2.28. The maximum atomic E-state index is 12.6. The molecule has 0 aromatic heterocycles. The highest BCUT2D eigenvalue weighted by molar-refractivity contribution is 7.92. The standard InChI is InChI=1S/C22H30N2O3S/c1-17-10-9-13-20(14-17)24(28(5,26)27)16-21(25)23-18(2)15-22(3,4)19-11-7-6-8-12-19/h6-14,18H,15-16H2,1-5H3,(H,23,25). The van der Waals surface area contributed by atoms with E-state index in [1.54, 1.807) is 18.2 Å². The first-order valence-electron chi connectivity index (χ1n) is 9.38. The lowest BCUT2D eigenvalue weighted by atomic mass is 9.79. The lowest BCUT2D eigenvalue weighted by Gasteiger charge is -2.30.